The number of carbonyl (C=O) groups excluding carboxylic acids is 1. The molecule has 0 aromatic heterocycles. The molecule has 1 N–H and O–H groups in total. The van der Waals surface area contributed by atoms with E-state index in [1.807, 2.05) is 25.7 Å². The van der Waals surface area contributed by atoms with Crippen molar-refractivity contribution in [2.75, 3.05) is 13.2 Å². The first-order valence-corrected chi connectivity index (χ1v) is 7.81. The van der Waals surface area contributed by atoms with Gasteiger partial charge in [0, 0.05) is 13.2 Å². The van der Waals surface area contributed by atoms with Gasteiger partial charge in [-0.2, -0.15) is 0 Å². The molecule has 0 radical (unpaired) electrons. The predicted octanol–water partition coefficient (Wildman–Crippen LogP) is 2.63. The summed E-state index contributed by atoms with van der Waals surface area (Å²) in [7, 11) is 0. The highest BCUT2D eigenvalue weighted by Gasteiger charge is 2.39. The Kier molecular flexibility index (Phi) is 5.37. The highest BCUT2D eigenvalue weighted by molar-refractivity contribution is 5.84. The van der Waals surface area contributed by atoms with Crippen LogP contribution in [-0.2, 0) is 9.53 Å². The van der Waals surface area contributed by atoms with Gasteiger partial charge in [0.05, 0.1) is 12.1 Å². The molecule has 1 amide bonds. The second kappa shape index (κ2) is 7.05. The van der Waals surface area contributed by atoms with Crippen molar-refractivity contribution in [3.05, 3.63) is 35.4 Å². The molecule has 0 bridgehead atoms. The van der Waals surface area contributed by atoms with E-state index in [1.165, 1.54) is 5.56 Å². The topological polar surface area (TPSA) is 41.6 Å². The third-order valence-electron chi connectivity index (χ3n) is 3.96. The summed E-state index contributed by atoms with van der Waals surface area (Å²) in [6.07, 6.45) is 0.802. The maximum absolute atomic E-state index is 12.5. The normalized spacial score (nSPS) is 23.6. The number of hydrogen-bond donors (Lipinski definition) is 1. The fourth-order valence-corrected chi connectivity index (χ4v) is 2.81. The Hall–Kier alpha value is -1.39. The summed E-state index contributed by atoms with van der Waals surface area (Å²) < 4.78 is 5.60. The highest BCUT2D eigenvalue weighted by atomic mass is 16.5. The van der Waals surface area contributed by atoms with Crippen LogP contribution in [0.15, 0.2) is 24.3 Å². The minimum atomic E-state index is -0.0925. The number of nitrogens with one attached hydrogen (secondary N) is 1. The van der Waals surface area contributed by atoms with Crippen LogP contribution < -0.4 is 5.32 Å². The quantitative estimate of drug-likeness (QED) is 0.875. The lowest BCUT2D eigenvalue weighted by Crippen LogP contribution is -2.37. The Balaban J connectivity index is 2.19. The molecule has 1 fully saturated rings. The summed E-state index contributed by atoms with van der Waals surface area (Å²) in [5.74, 6) is 0.176. The van der Waals surface area contributed by atoms with Crippen LogP contribution in [0.25, 0.3) is 0 Å². The van der Waals surface area contributed by atoms with E-state index in [1.54, 1.807) is 0 Å². The number of nitrogens with zero attached hydrogens (tertiary/aromatic N) is 1. The van der Waals surface area contributed by atoms with Crippen LogP contribution in [-0.4, -0.2) is 36.1 Å². The van der Waals surface area contributed by atoms with Crippen molar-refractivity contribution >= 4 is 5.91 Å². The largest absolute Gasteiger partial charge is 0.377 e. The van der Waals surface area contributed by atoms with Crippen molar-refractivity contribution in [1.29, 1.82) is 0 Å². The van der Waals surface area contributed by atoms with Gasteiger partial charge < -0.3 is 9.64 Å². The molecule has 0 saturated carbocycles. The van der Waals surface area contributed by atoms with Gasteiger partial charge in [-0.25, -0.2) is 0 Å². The lowest BCUT2D eigenvalue weighted by molar-refractivity contribution is -0.132. The van der Waals surface area contributed by atoms with E-state index in [-0.39, 0.29) is 24.2 Å². The molecule has 116 valence electrons. The van der Waals surface area contributed by atoms with Gasteiger partial charge in [-0.15, -0.1) is 0 Å². The van der Waals surface area contributed by atoms with E-state index in [0.717, 1.165) is 12.0 Å². The Bertz CT molecular complexity index is 472. The Labute approximate surface area is 127 Å². The van der Waals surface area contributed by atoms with Crippen molar-refractivity contribution in [3.63, 3.8) is 0 Å². The second-order valence-electron chi connectivity index (χ2n) is 5.70. The zero-order chi connectivity index (χ0) is 15.4. The Morgan fingerprint density at radius 3 is 2.52 bits per heavy atom. The van der Waals surface area contributed by atoms with Gasteiger partial charge in [0.2, 0.25) is 5.91 Å². The minimum absolute atomic E-state index is 0.0457. The van der Waals surface area contributed by atoms with Crippen LogP contribution in [0, 0.1) is 6.92 Å². The van der Waals surface area contributed by atoms with Crippen molar-refractivity contribution < 1.29 is 9.53 Å². The molecule has 0 aliphatic carbocycles. The predicted molar refractivity (Wildman–Crippen MR) is 83.9 cm³/mol. The third kappa shape index (κ3) is 3.63. The van der Waals surface area contributed by atoms with E-state index in [9.17, 15) is 4.79 Å². The first kappa shape index (κ1) is 16.0. The Morgan fingerprint density at radius 1 is 1.29 bits per heavy atom. The van der Waals surface area contributed by atoms with E-state index in [4.69, 9.17) is 4.74 Å². The number of hydrogen-bond acceptors (Lipinski definition) is 3. The summed E-state index contributed by atoms with van der Waals surface area (Å²) in [5.41, 5.74) is 2.36. The maximum atomic E-state index is 12.5. The Morgan fingerprint density at radius 2 is 1.95 bits per heavy atom. The van der Waals surface area contributed by atoms with Gasteiger partial charge in [0.25, 0.3) is 0 Å². The van der Waals surface area contributed by atoms with Crippen LogP contribution in [0.3, 0.4) is 0 Å². The molecule has 1 aliphatic rings. The average molecular weight is 290 g/mol. The van der Waals surface area contributed by atoms with Gasteiger partial charge in [-0.05, 0) is 32.8 Å². The van der Waals surface area contributed by atoms with Gasteiger partial charge in [0.1, 0.15) is 6.17 Å². The smallest absolute Gasteiger partial charge is 0.241 e. The molecule has 3 atom stereocenters. The van der Waals surface area contributed by atoms with E-state index in [0.29, 0.717) is 13.2 Å². The molecule has 3 unspecified atom stereocenters. The van der Waals surface area contributed by atoms with Crippen molar-refractivity contribution in [2.24, 2.45) is 0 Å². The van der Waals surface area contributed by atoms with E-state index >= 15 is 0 Å². The fraction of sp³-hybridized carbons (Fsp3) is 0.588. The molecule has 1 aliphatic heterocycles. The molecule has 4 heteroatoms. The van der Waals surface area contributed by atoms with Crippen LogP contribution in [0.2, 0.25) is 0 Å². The molecule has 1 heterocycles. The van der Waals surface area contributed by atoms with Gasteiger partial charge >= 0.3 is 0 Å². The standard InChI is InChI=1S/C17H26N2O2/c1-5-15-17(20)19(11-13(4)21-6-2)16(18-15)14-9-7-12(3)8-10-14/h7-10,13,15-16,18H,5-6,11H2,1-4H3. The summed E-state index contributed by atoms with van der Waals surface area (Å²) in [4.78, 5) is 14.5. The number of ether oxygens (including phenoxy) is 1. The van der Waals surface area contributed by atoms with Crippen LogP contribution >= 0.6 is 0 Å². The lowest BCUT2D eigenvalue weighted by atomic mass is 10.1. The number of amides is 1. The number of carbonyl (C=O) groups is 1. The highest BCUT2D eigenvalue weighted by Crippen LogP contribution is 2.27. The average Bonchev–Trinajstić information content (AvgIpc) is 2.77. The number of benzene rings is 1. The molecule has 1 aromatic carbocycles. The summed E-state index contributed by atoms with van der Waals surface area (Å²) >= 11 is 0. The molecule has 0 spiro atoms. The minimum Gasteiger partial charge on any atom is -0.377 e. The molecule has 4 nitrogen and oxygen atoms in total. The maximum Gasteiger partial charge on any atom is 0.241 e. The number of aryl methyl sites for hydroxylation is 1. The molecular weight excluding hydrogens is 264 g/mol. The molecule has 21 heavy (non-hydrogen) atoms. The van der Waals surface area contributed by atoms with Gasteiger partial charge in [0.15, 0.2) is 0 Å². The van der Waals surface area contributed by atoms with Crippen LogP contribution in [0.4, 0.5) is 0 Å². The van der Waals surface area contributed by atoms with Crippen LogP contribution in [0.5, 0.6) is 0 Å². The monoisotopic (exact) mass is 290 g/mol. The molecule has 1 saturated heterocycles. The third-order valence-corrected chi connectivity index (χ3v) is 3.96. The van der Waals surface area contributed by atoms with Crippen molar-refractivity contribution in [3.8, 4) is 0 Å². The first-order valence-electron chi connectivity index (χ1n) is 7.81. The zero-order valence-corrected chi connectivity index (χ0v) is 13.4. The summed E-state index contributed by atoms with van der Waals surface area (Å²) in [6.45, 7) is 9.39. The fourth-order valence-electron chi connectivity index (χ4n) is 2.81. The zero-order valence-electron chi connectivity index (χ0n) is 13.4. The molecular formula is C17H26N2O2. The SMILES string of the molecule is CCOC(C)CN1C(=O)C(CC)NC1c1ccc(C)cc1. The van der Waals surface area contributed by atoms with Crippen LogP contribution in [0.1, 0.15) is 44.5 Å². The molecule has 2 rings (SSSR count). The second-order valence-corrected chi connectivity index (χ2v) is 5.70. The van der Waals surface area contributed by atoms with E-state index in [2.05, 4.69) is 36.5 Å². The van der Waals surface area contributed by atoms with Gasteiger partial charge in [-0.1, -0.05) is 36.8 Å². The van der Waals surface area contributed by atoms with Crippen molar-refractivity contribution in [1.82, 2.24) is 10.2 Å². The summed E-state index contributed by atoms with van der Waals surface area (Å²) in [6, 6.07) is 8.27. The van der Waals surface area contributed by atoms with Crippen molar-refractivity contribution in [2.45, 2.75) is 52.4 Å². The lowest BCUT2D eigenvalue weighted by Gasteiger charge is -2.27. The molecule has 1 aromatic rings. The summed E-state index contributed by atoms with van der Waals surface area (Å²) in [5, 5.41) is 3.44. The number of rotatable bonds is 6. The van der Waals surface area contributed by atoms with Gasteiger partial charge in [-0.3, -0.25) is 10.1 Å². The first-order chi connectivity index (χ1) is 10.1. The van der Waals surface area contributed by atoms with E-state index < -0.39 is 0 Å².